The number of sulfonamides is 1. The molecule has 0 unspecified atom stereocenters. The molecule has 3 aromatic carbocycles. The number of nitrogens with zero attached hydrogens (tertiary/aromatic N) is 3. The second kappa shape index (κ2) is 18.4. The number of ether oxygens (including phenoxy) is 1. The number of aliphatic imine (C=N–C) groups is 1. The summed E-state index contributed by atoms with van der Waals surface area (Å²) < 4.78 is 93.3. The predicted molar refractivity (Wildman–Crippen MR) is 199 cm³/mol. The van der Waals surface area contributed by atoms with Crippen molar-refractivity contribution in [3.8, 4) is 0 Å². The average molecular weight is 786 g/mol. The molecule has 2 amide bonds. The molecular formula is C39H43F4N5O6S. The number of aromatic nitrogens is 1. The number of anilines is 1. The van der Waals surface area contributed by atoms with Gasteiger partial charge in [0.15, 0.2) is 0 Å². The lowest BCUT2D eigenvalue weighted by atomic mass is 9.84. The third-order valence-electron chi connectivity index (χ3n) is 8.21. The van der Waals surface area contributed by atoms with Crippen LogP contribution in [-0.4, -0.2) is 79.0 Å². The van der Waals surface area contributed by atoms with E-state index in [1.165, 1.54) is 43.3 Å². The molecule has 11 nitrogen and oxygen atoms in total. The van der Waals surface area contributed by atoms with E-state index in [-0.39, 0.29) is 53.2 Å². The van der Waals surface area contributed by atoms with Crippen molar-refractivity contribution in [2.75, 3.05) is 18.4 Å². The van der Waals surface area contributed by atoms with E-state index in [0.717, 1.165) is 41.6 Å². The molecule has 3 N–H and O–H groups in total. The van der Waals surface area contributed by atoms with Crippen LogP contribution in [0.2, 0.25) is 0 Å². The van der Waals surface area contributed by atoms with Gasteiger partial charge in [0.1, 0.15) is 34.9 Å². The highest BCUT2D eigenvalue weighted by atomic mass is 32.2. The number of hydrogen-bond acceptors (Lipinski definition) is 8. The van der Waals surface area contributed by atoms with Gasteiger partial charge in [0.2, 0.25) is 15.9 Å². The zero-order chi connectivity index (χ0) is 40.5. The summed E-state index contributed by atoms with van der Waals surface area (Å²) in [6.45, 7) is 9.38. The number of pyridine rings is 1. The van der Waals surface area contributed by atoms with Crippen LogP contribution in [0.4, 0.5) is 28.0 Å². The molecule has 16 heteroatoms. The zero-order valence-corrected chi connectivity index (χ0v) is 31.5. The number of amides is 2. The first-order chi connectivity index (χ1) is 25.9. The van der Waals surface area contributed by atoms with E-state index in [0.29, 0.717) is 6.07 Å². The predicted octanol–water partition coefficient (Wildman–Crippen LogP) is 6.38. The Morgan fingerprint density at radius 3 is 2.15 bits per heavy atom. The molecule has 0 fully saturated rings. The Balaban J connectivity index is 1.67. The average Bonchev–Trinajstić information content (AvgIpc) is 3.09. The summed E-state index contributed by atoms with van der Waals surface area (Å²) >= 11 is 0. The maximum atomic E-state index is 15.6. The van der Waals surface area contributed by atoms with E-state index in [9.17, 15) is 36.3 Å². The van der Waals surface area contributed by atoms with Crippen LogP contribution < -0.4 is 10.0 Å². The summed E-state index contributed by atoms with van der Waals surface area (Å²) in [6.07, 6.45) is -0.141. The molecule has 1 aromatic heterocycles. The summed E-state index contributed by atoms with van der Waals surface area (Å²) in [4.78, 5) is 36.0. The van der Waals surface area contributed by atoms with E-state index in [1.807, 2.05) is 0 Å². The highest BCUT2D eigenvalue weighted by molar-refractivity contribution is 7.89. The van der Waals surface area contributed by atoms with E-state index < -0.39 is 75.0 Å². The first kappa shape index (κ1) is 42.6. The van der Waals surface area contributed by atoms with Crippen LogP contribution >= 0.6 is 0 Å². The van der Waals surface area contributed by atoms with Crippen molar-refractivity contribution in [1.29, 1.82) is 0 Å². The Hall–Kier alpha value is -5.19. The number of aliphatic hydroxyl groups is 1. The van der Waals surface area contributed by atoms with Crippen molar-refractivity contribution >= 4 is 34.4 Å². The number of rotatable bonds is 16. The van der Waals surface area contributed by atoms with Gasteiger partial charge >= 0.3 is 6.09 Å². The topological polar surface area (TPSA) is 150 Å². The Kier molecular flexibility index (Phi) is 14.3. The second-order valence-electron chi connectivity index (χ2n) is 13.9. The van der Waals surface area contributed by atoms with Gasteiger partial charge < -0.3 is 20.1 Å². The summed E-state index contributed by atoms with van der Waals surface area (Å²) in [5, 5.41) is 12.8. The third kappa shape index (κ3) is 12.2. The van der Waals surface area contributed by atoms with Crippen LogP contribution in [-0.2, 0) is 26.0 Å². The van der Waals surface area contributed by atoms with Crippen molar-refractivity contribution < 1.29 is 45.4 Å². The molecule has 0 aliphatic heterocycles. The molecule has 4 rings (SSSR count). The molecule has 0 spiro atoms. The van der Waals surface area contributed by atoms with E-state index in [4.69, 9.17) is 4.74 Å². The van der Waals surface area contributed by atoms with Crippen molar-refractivity contribution in [3.63, 3.8) is 0 Å². The van der Waals surface area contributed by atoms with Gasteiger partial charge in [-0.2, -0.15) is 0 Å². The Labute approximate surface area is 317 Å². The van der Waals surface area contributed by atoms with Gasteiger partial charge in [-0.1, -0.05) is 30.3 Å². The highest BCUT2D eigenvalue weighted by Gasteiger charge is 2.33. The number of halogens is 4. The highest BCUT2D eigenvalue weighted by Crippen LogP contribution is 2.33. The van der Waals surface area contributed by atoms with Crippen LogP contribution in [0, 0.1) is 23.3 Å². The quantitative estimate of drug-likeness (QED) is 0.0882. The largest absolute Gasteiger partial charge is 0.444 e. The molecule has 0 saturated heterocycles. The van der Waals surface area contributed by atoms with Gasteiger partial charge in [0, 0.05) is 36.7 Å². The number of hydrogen-bond donors (Lipinski definition) is 3. The van der Waals surface area contributed by atoms with Gasteiger partial charge in [-0.15, -0.1) is 0 Å². The lowest BCUT2D eigenvalue weighted by molar-refractivity contribution is -0.117. The second-order valence-corrected chi connectivity index (χ2v) is 15.6. The fourth-order valence-electron chi connectivity index (χ4n) is 5.88. The standard InChI is InChI=1S/C39H43F4N5O6S/c1-24(49)22-48(38(51)54-39(2,3)4)23-30(47-55(52,53)31-9-7-6-8-10-31)15-16-32-33(43)20-45-21-34(32)46-37(50)36(44-5)35(25-11-13-27(40)14-12-25)26-17-28(41)19-29(42)18-26/h6-14,17-21,24,30,35-36,47,49H,5,15-16,22-23H2,1-4H3,(H,46,50)/t24-,30-,35-,36-/m0/s1. The molecule has 1 heterocycles. The number of aliphatic hydroxyl groups excluding tert-OH is 1. The van der Waals surface area contributed by atoms with Crippen LogP contribution in [0.3, 0.4) is 0 Å². The summed E-state index contributed by atoms with van der Waals surface area (Å²) in [5.74, 6) is -5.37. The molecular weight excluding hydrogens is 743 g/mol. The molecule has 0 saturated carbocycles. The molecule has 4 aromatic rings. The summed E-state index contributed by atoms with van der Waals surface area (Å²) in [7, 11) is -4.19. The van der Waals surface area contributed by atoms with Gasteiger partial charge in [0.05, 0.1) is 29.1 Å². The minimum Gasteiger partial charge on any atom is -0.444 e. The van der Waals surface area contributed by atoms with E-state index in [2.05, 4.69) is 26.7 Å². The molecule has 4 atom stereocenters. The molecule has 294 valence electrons. The molecule has 0 radical (unpaired) electrons. The first-order valence-electron chi connectivity index (χ1n) is 17.2. The SMILES string of the molecule is C=N[C@H](C(=O)Nc1cncc(F)c1CC[C@@H](CN(C[C@H](C)O)C(=O)OC(C)(C)C)NS(=O)(=O)c1ccccc1)[C@@H](c1ccc(F)cc1)c1cc(F)cc(F)c1. The van der Waals surface area contributed by atoms with Crippen LogP contribution in [0.5, 0.6) is 0 Å². The van der Waals surface area contributed by atoms with Crippen LogP contribution in [0.25, 0.3) is 0 Å². The number of carbonyl (C=O) groups excluding carboxylic acids is 2. The lowest BCUT2D eigenvalue weighted by Gasteiger charge is -2.31. The number of nitrogens with one attached hydrogen (secondary N) is 2. The first-order valence-corrected chi connectivity index (χ1v) is 18.7. The van der Waals surface area contributed by atoms with Crippen molar-refractivity contribution in [1.82, 2.24) is 14.6 Å². The monoisotopic (exact) mass is 785 g/mol. The summed E-state index contributed by atoms with van der Waals surface area (Å²) in [6, 6.07) is 12.4. The lowest BCUT2D eigenvalue weighted by Crippen LogP contribution is -2.49. The number of benzene rings is 3. The normalized spacial score (nSPS) is 14.0. The van der Waals surface area contributed by atoms with E-state index >= 15 is 4.39 Å². The Bertz CT molecular complexity index is 2050. The fraction of sp³-hybridized carbons (Fsp3) is 0.333. The van der Waals surface area contributed by atoms with Crippen molar-refractivity contribution in [2.45, 2.75) is 75.1 Å². The molecule has 0 aliphatic rings. The molecule has 0 aliphatic carbocycles. The van der Waals surface area contributed by atoms with E-state index in [1.54, 1.807) is 26.8 Å². The molecule has 55 heavy (non-hydrogen) atoms. The fourth-order valence-corrected chi connectivity index (χ4v) is 7.16. The van der Waals surface area contributed by atoms with Crippen molar-refractivity contribution in [2.24, 2.45) is 4.99 Å². The summed E-state index contributed by atoms with van der Waals surface area (Å²) in [5.41, 5.74) is -0.868. The van der Waals surface area contributed by atoms with Crippen LogP contribution in [0.15, 0.2) is 95.1 Å². The molecule has 0 bridgehead atoms. The number of carbonyl (C=O) groups is 2. The maximum absolute atomic E-state index is 15.6. The zero-order valence-electron chi connectivity index (χ0n) is 30.7. The third-order valence-corrected chi connectivity index (χ3v) is 9.75. The minimum atomic E-state index is -4.19. The minimum absolute atomic E-state index is 0.00507. The van der Waals surface area contributed by atoms with Crippen molar-refractivity contribution in [3.05, 3.63) is 125 Å². The maximum Gasteiger partial charge on any atom is 0.410 e. The Morgan fingerprint density at radius 1 is 0.927 bits per heavy atom. The smallest absolute Gasteiger partial charge is 0.410 e. The van der Waals surface area contributed by atoms with Gasteiger partial charge in [-0.3, -0.25) is 14.8 Å². The Morgan fingerprint density at radius 2 is 1.56 bits per heavy atom. The van der Waals surface area contributed by atoms with Crippen LogP contribution in [0.1, 0.15) is 56.7 Å². The van der Waals surface area contributed by atoms with Gasteiger partial charge in [-0.05, 0) is 94.8 Å². The van der Waals surface area contributed by atoms with Gasteiger partial charge in [0.25, 0.3) is 0 Å². The van der Waals surface area contributed by atoms with Gasteiger partial charge in [-0.25, -0.2) is 35.5 Å².